The number of anilines is 1. The third-order valence-corrected chi connectivity index (χ3v) is 4.81. The summed E-state index contributed by atoms with van der Waals surface area (Å²) in [6.45, 7) is 5.43. The van der Waals surface area contributed by atoms with Crippen LogP contribution >= 0.6 is 23.2 Å². The van der Waals surface area contributed by atoms with E-state index in [2.05, 4.69) is 10.2 Å². The topological polar surface area (TPSA) is 58.6 Å². The van der Waals surface area contributed by atoms with E-state index >= 15 is 0 Å². The van der Waals surface area contributed by atoms with Crippen molar-refractivity contribution in [3.05, 3.63) is 28.2 Å². The quantitative estimate of drug-likeness (QED) is 0.802. The highest BCUT2D eigenvalue weighted by Crippen LogP contribution is 2.26. The molecule has 1 aliphatic rings. The van der Waals surface area contributed by atoms with Gasteiger partial charge in [0.05, 0.1) is 29.3 Å². The van der Waals surface area contributed by atoms with Crippen LogP contribution in [0.25, 0.3) is 0 Å². The molecular formula is C17H22Cl2N2O3. The Balaban J connectivity index is 1.89. The number of nitrogens with one attached hydrogen (secondary N) is 1. The maximum Gasteiger partial charge on any atom is 0.309 e. The van der Waals surface area contributed by atoms with Crippen molar-refractivity contribution in [2.45, 2.75) is 32.7 Å². The Morgan fingerprint density at radius 2 is 2.00 bits per heavy atom. The van der Waals surface area contributed by atoms with Gasteiger partial charge in [-0.05, 0) is 58.0 Å². The first-order chi connectivity index (χ1) is 11.4. The van der Waals surface area contributed by atoms with Crippen molar-refractivity contribution < 1.29 is 14.3 Å². The zero-order valence-electron chi connectivity index (χ0n) is 13.9. The first kappa shape index (κ1) is 19.0. The molecule has 1 saturated heterocycles. The third-order valence-electron chi connectivity index (χ3n) is 4.27. The number of esters is 1. The fourth-order valence-corrected chi connectivity index (χ4v) is 3.23. The fraction of sp³-hybridized carbons (Fsp3) is 0.529. The van der Waals surface area contributed by atoms with Crippen molar-refractivity contribution in [3.63, 3.8) is 0 Å². The van der Waals surface area contributed by atoms with Gasteiger partial charge in [-0.1, -0.05) is 23.2 Å². The summed E-state index contributed by atoms with van der Waals surface area (Å²) in [5, 5.41) is 3.75. The number of amides is 1. The highest BCUT2D eigenvalue weighted by molar-refractivity contribution is 6.36. The number of carbonyl (C=O) groups excluding carboxylic acids is 2. The monoisotopic (exact) mass is 372 g/mol. The molecule has 0 radical (unpaired) electrons. The van der Waals surface area contributed by atoms with E-state index in [1.807, 2.05) is 6.92 Å². The van der Waals surface area contributed by atoms with Crippen LogP contribution in [-0.4, -0.2) is 42.5 Å². The Morgan fingerprint density at radius 1 is 1.33 bits per heavy atom. The number of piperidine rings is 1. The first-order valence-corrected chi connectivity index (χ1v) is 8.84. The van der Waals surface area contributed by atoms with Crippen LogP contribution in [-0.2, 0) is 14.3 Å². The minimum absolute atomic E-state index is 0.0674. The third kappa shape index (κ3) is 4.85. The number of nitrogens with zero attached hydrogens (tertiary/aromatic N) is 1. The molecule has 1 N–H and O–H groups in total. The Bertz CT molecular complexity index is 601. The predicted octanol–water partition coefficient (Wildman–Crippen LogP) is 3.60. The molecule has 0 aliphatic carbocycles. The van der Waals surface area contributed by atoms with Gasteiger partial charge in [-0.15, -0.1) is 0 Å². The van der Waals surface area contributed by atoms with Crippen molar-refractivity contribution in [2.75, 3.05) is 25.0 Å². The zero-order valence-corrected chi connectivity index (χ0v) is 15.4. The van der Waals surface area contributed by atoms with Gasteiger partial charge in [0.25, 0.3) is 0 Å². The van der Waals surface area contributed by atoms with Gasteiger partial charge in [0.2, 0.25) is 5.91 Å². The van der Waals surface area contributed by atoms with E-state index in [0.717, 1.165) is 0 Å². The lowest BCUT2D eigenvalue weighted by atomic mass is 9.96. The summed E-state index contributed by atoms with van der Waals surface area (Å²) in [6, 6.07) is 4.65. The molecule has 1 heterocycles. The molecule has 1 unspecified atom stereocenters. The second kappa shape index (κ2) is 8.70. The molecule has 1 aromatic carbocycles. The first-order valence-electron chi connectivity index (χ1n) is 8.09. The van der Waals surface area contributed by atoms with Crippen molar-refractivity contribution in [3.8, 4) is 0 Å². The van der Waals surface area contributed by atoms with E-state index in [9.17, 15) is 9.59 Å². The van der Waals surface area contributed by atoms with Crippen LogP contribution in [0.1, 0.15) is 26.7 Å². The summed E-state index contributed by atoms with van der Waals surface area (Å²) in [7, 11) is 0. The van der Waals surface area contributed by atoms with Gasteiger partial charge < -0.3 is 10.1 Å². The number of ether oxygens (including phenoxy) is 1. The molecule has 24 heavy (non-hydrogen) atoms. The van der Waals surface area contributed by atoms with E-state index < -0.39 is 0 Å². The normalized spacial score (nSPS) is 17.3. The summed E-state index contributed by atoms with van der Waals surface area (Å²) >= 11 is 11.9. The van der Waals surface area contributed by atoms with Gasteiger partial charge in [0.1, 0.15) is 0 Å². The van der Waals surface area contributed by atoms with Gasteiger partial charge in [0.15, 0.2) is 0 Å². The number of rotatable bonds is 5. The van der Waals surface area contributed by atoms with Gasteiger partial charge in [-0.25, -0.2) is 0 Å². The van der Waals surface area contributed by atoms with Crippen LogP contribution in [0.5, 0.6) is 0 Å². The molecule has 0 aromatic heterocycles. The van der Waals surface area contributed by atoms with Crippen molar-refractivity contribution in [1.82, 2.24) is 4.90 Å². The Morgan fingerprint density at radius 3 is 2.58 bits per heavy atom. The summed E-state index contributed by atoms with van der Waals surface area (Å²) in [6.07, 6.45) is 1.41. The molecule has 0 spiro atoms. The minimum atomic E-state index is -0.306. The lowest BCUT2D eigenvalue weighted by Crippen LogP contribution is -2.47. The number of hydrogen-bond acceptors (Lipinski definition) is 4. The summed E-state index contributed by atoms with van der Waals surface area (Å²) in [4.78, 5) is 26.3. The Labute approximate surface area is 152 Å². The van der Waals surface area contributed by atoms with Crippen molar-refractivity contribution in [1.29, 1.82) is 0 Å². The Hall–Kier alpha value is -1.30. The summed E-state index contributed by atoms with van der Waals surface area (Å²) in [5.74, 6) is -0.335. The molecule has 1 aromatic rings. The van der Waals surface area contributed by atoms with Crippen LogP contribution in [0.3, 0.4) is 0 Å². The standard InChI is InChI=1S/C17H22Cl2N2O3/c1-3-24-17(23)12-6-8-21(9-7-12)11(2)16(22)20-15-5-4-13(18)10-14(15)19/h4-5,10-12H,3,6-9H2,1-2H3,(H,20,22). The average molecular weight is 373 g/mol. The van der Waals surface area contributed by atoms with E-state index in [4.69, 9.17) is 27.9 Å². The molecule has 1 fully saturated rings. The van der Waals surface area contributed by atoms with Crippen LogP contribution in [0.2, 0.25) is 10.0 Å². The highest BCUT2D eigenvalue weighted by atomic mass is 35.5. The molecule has 7 heteroatoms. The molecule has 0 saturated carbocycles. The van der Waals surface area contributed by atoms with Crippen molar-refractivity contribution >= 4 is 40.8 Å². The van der Waals surface area contributed by atoms with Crippen LogP contribution < -0.4 is 5.32 Å². The molecule has 5 nitrogen and oxygen atoms in total. The number of halogens is 2. The van der Waals surface area contributed by atoms with E-state index in [-0.39, 0.29) is 23.8 Å². The largest absolute Gasteiger partial charge is 0.466 e. The van der Waals surface area contributed by atoms with E-state index in [1.165, 1.54) is 0 Å². The Kier molecular flexibility index (Phi) is 6.90. The van der Waals surface area contributed by atoms with Crippen LogP contribution in [0, 0.1) is 5.92 Å². The van der Waals surface area contributed by atoms with Crippen LogP contribution in [0.15, 0.2) is 18.2 Å². The molecule has 1 atom stereocenters. The second-order valence-electron chi connectivity index (χ2n) is 5.85. The van der Waals surface area contributed by atoms with Gasteiger partial charge in [-0.2, -0.15) is 0 Å². The van der Waals surface area contributed by atoms with Gasteiger partial charge in [0, 0.05) is 5.02 Å². The maximum atomic E-state index is 12.4. The number of benzene rings is 1. The summed E-state index contributed by atoms with van der Waals surface area (Å²) in [5.41, 5.74) is 0.541. The molecule has 132 valence electrons. The van der Waals surface area contributed by atoms with Gasteiger partial charge >= 0.3 is 5.97 Å². The smallest absolute Gasteiger partial charge is 0.309 e. The second-order valence-corrected chi connectivity index (χ2v) is 6.70. The molecule has 1 aliphatic heterocycles. The lowest BCUT2D eigenvalue weighted by molar-refractivity contribution is -0.149. The number of likely N-dealkylation sites (tertiary alicyclic amines) is 1. The average Bonchev–Trinajstić information content (AvgIpc) is 2.57. The molecule has 2 rings (SSSR count). The summed E-state index contributed by atoms with van der Waals surface area (Å²) < 4.78 is 5.06. The SMILES string of the molecule is CCOC(=O)C1CCN(C(C)C(=O)Nc2ccc(Cl)cc2Cl)CC1. The van der Waals surface area contributed by atoms with Gasteiger partial charge in [-0.3, -0.25) is 14.5 Å². The maximum absolute atomic E-state index is 12.4. The molecular weight excluding hydrogens is 351 g/mol. The lowest BCUT2D eigenvalue weighted by Gasteiger charge is -2.34. The zero-order chi connectivity index (χ0) is 17.7. The minimum Gasteiger partial charge on any atom is -0.466 e. The predicted molar refractivity (Wildman–Crippen MR) is 95.5 cm³/mol. The molecule has 0 bridgehead atoms. The highest BCUT2D eigenvalue weighted by Gasteiger charge is 2.30. The number of hydrogen-bond donors (Lipinski definition) is 1. The molecule has 1 amide bonds. The number of carbonyl (C=O) groups is 2. The fourth-order valence-electron chi connectivity index (χ4n) is 2.78. The van der Waals surface area contributed by atoms with Crippen LogP contribution in [0.4, 0.5) is 5.69 Å². The van der Waals surface area contributed by atoms with E-state index in [0.29, 0.717) is 48.3 Å². The van der Waals surface area contributed by atoms with E-state index in [1.54, 1.807) is 25.1 Å². The van der Waals surface area contributed by atoms with Crippen molar-refractivity contribution in [2.24, 2.45) is 5.92 Å².